The number of alkyl halides is 5. The van der Waals surface area contributed by atoms with Crippen molar-refractivity contribution in [1.29, 1.82) is 0 Å². The molecule has 1 aromatic rings. The number of rotatable bonds is 3. The van der Waals surface area contributed by atoms with Crippen LogP contribution in [0.3, 0.4) is 0 Å². The lowest BCUT2D eigenvalue weighted by Crippen LogP contribution is -2.19. The summed E-state index contributed by atoms with van der Waals surface area (Å²) in [5, 5.41) is 0. The van der Waals surface area contributed by atoms with E-state index in [4.69, 9.17) is 5.73 Å². The van der Waals surface area contributed by atoms with E-state index in [1.165, 1.54) is 0 Å². The van der Waals surface area contributed by atoms with Gasteiger partial charge >= 0.3 is 12.1 Å². The smallest absolute Gasteiger partial charge is 0.417 e. The van der Waals surface area contributed by atoms with E-state index in [1.807, 2.05) is 0 Å². The van der Waals surface area contributed by atoms with Gasteiger partial charge in [0, 0.05) is 6.54 Å². The molecule has 0 aliphatic heterocycles. The molecule has 0 amide bonds. The first-order valence-electron chi connectivity index (χ1n) is 4.89. The van der Waals surface area contributed by atoms with Crippen LogP contribution in [0, 0.1) is 0 Å². The van der Waals surface area contributed by atoms with E-state index in [0.29, 0.717) is 6.07 Å². The van der Waals surface area contributed by atoms with Crippen molar-refractivity contribution < 1.29 is 31.5 Å². The number of methoxy groups -OCH3 is 1. The molecular weight excluding hydrogens is 275 g/mol. The number of esters is 1. The van der Waals surface area contributed by atoms with E-state index < -0.39 is 41.9 Å². The zero-order valence-electron chi connectivity index (χ0n) is 9.59. The summed E-state index contributed by atoms with van der Waals surface area (Å²) in [6.07, 6.45) is -8.58. The van der Waals surface area contributed by atoms with Crippen molar-refractivity contribution in [1.82, 2.24) is 4.98 Å². The van der Waals surface area contributed by atoms with Gasteiger partial charge in [-0.2, -0.15) is 13.2 Å². The number of ether oxygens (including phenoxy) is 1. The number of hydrogen-bond acceptors (Lipinski definition) is 4. The number of pyridine rings is 1. The van der Waals surface area contributed by atoms with Crippen LogP contribution in [0.5, 0.6) is 0 Å². The molecule has 0 saturated carbocycles. The number of carbonyl (C=O) groups excluding carboxylic acids is 1. The number of carbonyl (C=O) groups is 1. The maximum absolute atomic E-state index is 12.8. The van der Waals surface area contributed by atoms with E-state index in [0.717, 1.165) is 7.11 Å². The molecule has 0 unspecified atom stereocenters. The Bertz CT molecular complexity index is 488. The van der Waals surface area contributed by atoms with E-state index in [1.54, 1.807) is 0 Å². The maximum atomic E-state index is 12.8. The van der Waals surface area contributed by atoms with Crippen molar-refractivity contribution in [3.63, 3.8) is 0 Å². The molecule has 106 valence electrons. The van der Waals surface area contributed by atoms with Gasteiger partial charge in [0.1, 0.15) is 0 Å². The second-order valence-corrected chi connectivity index (χ2v) is 3.42. The minimum absolute atomic E-state index is 0.336. The molecule has 1 aromatic heterocycles. The molecule has 0 radical (unpaired) electrons. The fourth-order valence-electron chi connectivity index (χ4n) is 1.42. The second kappa shape index (κ2) is 5.47. The van der Waals surface area contributed by atoms with Gasteiger partial charge in [-0.3, -0.25) is 0 Å². The summed E-state index contributed by atoms with van der Waals surface area (Å²) in [5.41, 5.74) is 0.573. The zero-order valence-corrected chi connectivity index (χ0v) is 9.59. The Labute approximate surface area is 104 Å². The van der Waals surface area contributed by atoms with Crippen LogP contribution < -0.4 is 5.73 Å². The van der Waals surface area contributed by atoms with E-state index in [-0.39, 0.29) is 5.69 Å². The van der Waals surface area contributed by atoms with Crippen LogP contribution in [0.2, 0.25) is 0 Å². The molecule has 4 nitrogen and oxygen atoms in total. The first kappa shape index (κ1) is 15.3. The summed E-state index contributed by atoms with van der Waals surface area (Å²) < 4.78 is 67.8. The lowest BCUT2D eigenvalue weighted by Gasteiger charge is -2.16. The monoisotopic (exact) mass is 284 g/mol. The molecule has 2 N–H and O–H groups in total. The van der Waals surface area contributed by atoms with Gasteiger partial charge in [-0.15, -0.1) is 0 Å². The highest BCUT2D eigenvalue weighted by atomic mass is 19.4. The minimum atomic E-state index is -5.05. The van der Waals surface area contributed by atoms with Crippen molar-refractivity contribution in [2.45, 2.75) is 19.1 Å². The molecule has 0 aliphatic carbocycles. The van der Waals surface area contributed by atoms with Gasteiger partial charge in [0.05, 0.1) is 23.9 Å². The third-order valence-electron chi connectivity index (χ3n) is 2.22. The molecule has 1 rings (SSSR count). The van der Waals surface area contributed by atoms with Crippen LogP contribution in [0.1, 0.15) is 33.7 Å². The van der Waals surface area contributed by atoms with Crippen molar-refractivity contribution >= 4 is 5.97 Å². The van der Waals surface area contributed by atoms with Crippen molar-refractivity contribution in [2.75, 3.05) is 7.11 Å². The number of halogens is 5. The standard InChI is InChI=1S/C10H9F5N2O2/c1-19-9(18)7-6(8(11)12)5(10(13,14)15)2-4(3-16)17-7/h2,8H,3,16H2,1H3. The highest BCUT2D eigenvalue weighted by Crippen LogP contribution is 2.38. The number of aromatic nitrogens is 1. The number of hydrogen-bond donors (Lipinski definition) is 1. The topological polar surface area (TPSA) is 65.2 Å². The van der Waals surface area contributed by atoms with E-state index >= 15 is 0 Å². The molecule has 0 aromatic carbocycles. The molecule has 9 heteroatoms. The molecule has 19 heavy (non-hydrogen) atoms. The first-order chi connectivity index (χ1) is 8.72. The molecule has 1 heterocycles. The minimum Gasteiger partial charge on any atom is -0.464 e. The third-order valence-corrected chi connectivity index (χ3v) is 2.22. The molecule has 0 bridgehead atoms. The summed E-state index contributed by atoms with van der Waals surface area (Å²) in [4.78, 5) is 14.6. The largest absolute Gasteiger partial charge is 0.464 e. The Morgan fingerprint density at radius 2 is 2.05 bits per heavy atom. The predicted octanol–water partition coefficient (Wildman–Crippen LogP) is 2.28. The number of nitrogens with zero attached hydrogens (tertiary/aromatic N) is 1. The van der Waals surface area contributed by atoms with E-state index in [9.17, 15) is 26.7 Å². The average Bonchev–Trinajstić information content (AvgIpc) is 2.34. The van der Waals surface area contributed by atoms with E-state index in [2.05, 4.69) is 9.72 Å². The fourth-order valence-corrected chi connectivity index (χ4v) is 1.42. The summed E-state index contributed by atoms with van der Waals surface area (Å²) in [6, 6.07) is 0.397. The Morgan fingerprint density at radius 1 is 1.47 bits per heavy atom. The average molecular weight is 284 g/mol. The zero-order chi connectivity index (χ0) is 14.8. The lowest BCUT2D eigenvalue weighted by atomic mass is 10.0. The molecular formula is C10H9F5N2O2. The van der Waals surface area contributed by atoms with Crippen LogP contribution in [0.25, 0.3) is 0 Å². The van der Waals surface area contributed by atoms with Crippen molar-refractivity contribution in [3.8, 4) is 0 Å². The summed E-state index contributed by atoms with van der Waals surface area (Å²) in [7, 11) is 0.849. The predicted molar refractivity (Wildman–Crippen MR) is 53.4 cm³/mol. The van der Waals surface area contributed by atoms with Gasteiger partial charge in [0.2, 0.25) is 0 Å². The Balaban J connectivity index is 3.65. The van der Waals surface area contributed by atoms with Gasteiger partial charge in [-0.1, -0.05) is 0 Å². The van der Waals surface area contributed by atoms with Crippen molar-refractivity contribution in [3.05, 3.63) is 28.6 Å². The highest BCUT2D eigenvalue weighted by Gasteiger charge is 2.39. The molecule has 0 aliphatic rings. The molecule has 0 spiro atoms. The van der Waals surface area contributed by atoms with Crippen molar-refractivity contribution in [2.24, 2.45) is 5.73 Å². The van der Waals surface area contributed by atoms with Gasteiger partial charge in [-0.05, 0) is 6.07 Å². The normalized spacial score (nSPS) is 11.8. The first-order valence-corrected chi connectivity index (χ1v) is 4.89. The Kier molecular flexibility index (Phi) is 4.40. The second-order valence-electron chi connectivity index (χ2n) is 3.42. The van der Waals surface area contributed by atoms with Gasteiger partial charge in [0.25, 0.3) is 6.43 Å². The maximum Gasteiger partial charge on any atom is 0.417 e. The van der Waals surface area contributed by atoms with Crippen LogP contribution in [0.15, 0.2) is 6.07 Å². The Morgan fingerprint density at radius 3 is 2.42 bits per heavy atom. The summed E-state index contributed by atoms with van der Waals surface area (Å²) >= 11 is 0. The SMILES string of the molecule is COC(=O)c1nc(CN)cc(C(F)(F)F)c1C(F)F. The third kappa shape index (κ3) is 3.16. The fraction of sp³-hybridized carbons (Fsp3) is 0.400. The molecule has 0 atom stereocenters. The molecule has 0 fully saturated rings. The lowest BCUT2D eigenvalue weighted by molar-refractivity contribution is -0.139. The highest BCUT2D eigenvalue weighted by molar-refractivity contribution is 5.89. The molecule has 0 saturated heterocycles. The Hall–Kier alpha value is -1.77. The van der Waals surface area contributed by atoms with Crippen LogP contribution in [-0.4, -0.2) is 18.1 Å². The van der Waals surface area contributed by atoms with Gasteiger partial charge < -0.3 is 10.5 Å². The van der Waals surface area contributed by atoms with Crippen LogP contribution >= 0.6 is 0 Å². The van der Waals surface area contributed by atoms with Gasteiger partial charge in [0.15, 0.2) is 5.69 Å². The van der Waals surface area contributed by atoms with Crippen LogP contribution in [-0.2, 0) is 17.5 Å². The van der Waals surface area contributed by atoms with Crippen LogP contribution in [0.4, 0.5) is 22.0 Å². The summed E-state index contributed by atoms with van der Waals surface area (Å²) in [6.45, 7) is -0.434. The number of nitrogens with two attached hydrogens (primary N) is 1. The quantitative estimate of drug-likeness (QED) is 0.683. The summed E-state index contributed by atoms with van der Waals surface area (Å²) in [5.74, 6) is -1.38. The van der Waals surface area contributed by atoms with Gasteiger partial charge in [-0.25, -0.2) is 18.6 Å².